The van der Waals surface area contributed by atoms with Gasteiger partial charge in [-0.15, -0.1) is 0 Å². The van der Waals surface area contributed by atoms with Gasteiger partial charge in [-0.3, -0.25) is 14.4 Å². The third kappa shape index (κ3) is 4.32. The van der Waals surface area contributed by atoms with Crippen LogP contribution in [0.15, 0.2) is 88.6 Å². The van der Waals surface area contributed by atoms with E-state index in [0.29, 0.717) is 18.0 Å². The second kappa shape index (κ2) is 9.78. The second-order valence-electron chi connectivity index (χ2n) is 9.85. The summed E-state index contributed by atoms with van der Waals surface area (Å²) in [5.41, 5.74) is 3.81. The van der Waals surface area contributed by atoms with Gasteiger partial charge in [0.25, 0.3) is 5.56 Å². The summed E-state index contributed by atoms with van der Waals surface area (Å²) in [6.45, 7) is 0.416. The molecule has 0 amide bonds. The second-order valence-corrected chi connectivity index (χ2v) is 9.85. The highest BCUT2D eigenvalue weighted by Gasteiger charge is 2.30. The summed E-state index contributed by atoms with van der Waals surface area (Å²) in [5.74, 6) is 0.161. The summed E-state index contributed by atoms with van der Waals surface area (Å²) in [5, 5.41) is 18.3. The highest BCUT2D eigenvalue weighted by atomic mass is 19.1. The molecule has 2 aliphatic rings. The number of hydrogen-bond donors (Lipinski definition) is 2. The lowest BCUT2D eigenvalue weighted by Gasteiger charge is -2.23. The Labute approximate surface area is 219 Å². The zero-order valence-corrected chi connectivity index (χ0v) is 21.1. The number of halogens is 1. The highest BCUT2D eigenvalue weighted by molar-refractivity contribution is 5.64. The highest BCUT2D eigenvalue weighted by Crippen LogP contribution is 2.32. The normalized spacial score (nSPS) is 18.4. The van der Waals surface area contributed by atoms with E-state index in [9.17, 15) is 14.6 Å². The molecule has 192 valence electrons. The van der Waals surface area contributed by atoms with Gasteiger partial charge in [-0.25, -0.2) is 4.39 Å². The molecule has 2 N–H and O–H groups in total. The first-order chi connectivity index (χ1) is 18.5. The Kier molecular flexibility index (Phi) is 6.15. The molecule has 0 bridgehead atoms. The molecule has 4 aromatic rings. The van der Waals surface area contributed by atoms with E-state index in [4.69, 9.17) is 4.99 Å². The number of nitrogens with zero attached hydrogens (tertiary/aromatic N) is 4. The third-order valence-corrected chi connectivity index (χ3v) is 7.44. The minimum atomic E-state index is -0.324. The van der Waals surface area contributed by atoms with Crippen molar-refractivity contribution in [2.24, 2.45) is 12.0 Å². The number of anilines is 1. The molecule has 1 fully saturated rings. The summed E-state index contributed by atoms with van der Waals surface area (Å²) in [6.07, 6.45) is 2.93. The van der Waals surface area contributed by atoms with E-state index < -0.39 is 0 Å². The molecule has 7 nitrogen and oxygen atoms in total. The first-order valence-electron chi connectivity index (χ1n) is 12.9. The van der Waals surface area contributed by atoms with Crippen LogP contribution >= 0.6 is 0 Å². The number of para-hydroxylation sites is 1. The smallest absolute Gasteiger partial charge is 0.262 e. The predicted octanol–water partition coefficient (Wildman–Crippen LogP) is 3.16. The number of nitrogens with one attached hydrogen (secondary N) is 2. The van der Waals surface area contributed by atoms with Gasteiger partial charge in [0.1, 0.15) is 17.3 Å². The van der Waals surface area contributed by atoms with E-state index in [-0.39, 0.29) is 34.2 Å². The fourth-order valence-electron chi connectivity index (χ4n) is 5.43. The Hall–Kier alpha value is -4.46. The molecule has 1 aliphatic heterocycles. The van der Waals surface area contributed by atoms with Crippen LogP contribution in [0.25, 0.3) is 22.4 Å². The quantitative estimate of drug-likeness (QED) is 0.421. The van der Waals surface area contributed by atoms with Crippen molar-refractivity contribution in [2.45, 2.75) is 37.9 Å². The monoisotopic (exact) mass is 507 g/mol. The van der Waals surface area contributed by atoms with Crippen LogP contribution in [-0.4, -0.2) is 15.2 Å². The molecule has 1 saturated carbocycles. The molecule has 1 aromatic heterocycles. The van der Waals surface area contributed by atoms with Crippen molar-refractivity contribution in [1.29, 1.82) is 0 Å². The Morgan fingerprint density at radius 1 is 1.00 bits per heavy atom. The maximum atomic E-state index is 13.5. The van der Waals surface area contributed by atoms with Crippen LogP contribution < -0.4 is 32.5 Å². The van der Waals surface area contributed by atoms with Crippen LogP contribution in [0.1, 0.15) is 30.9 Å². The molecule has 2 atom stereocenters. The summed E-state index contributed by atoms with van der Waals surface area (Å²) >= 11 is 0. The average Bonchev–Trinajstić information content (AvgIpc) is 3.54. The minimum Gasteiger partial charge on any atom is -0.464 e. The largest absolute Gasteiger partial charge is 0.464 e. The van der Waals surface area contributed by atoms with Gasteiger partial charge in [0.05, 0.1) is 11.3 Å². The van der Waals surface area contributed by atoms with Gasteiger partial charge in [0.15, 0.2) is 0 Å². The van der Waals surface area contributed by atoms with E-state index in [1.165, 1.54) is 16.7 Å². The Morgan fingerprint density at radius 3 is 2.39 bits per heavy atom. The van der Waals surface area contributed by atoms with E-state index in [1.54, 1.807) is 19.2 Å². The van der Waals surface area contributed by atoms with Crippen LogP contribution in [0.3, 0.4) is 0 Å². The Bertz CT molecular complexity index is 1720. The van der Waals surface area contributed by atoms with Gasteiger partial charge >= 0.3 is 0 Å². The lowest BCUT2D eigenvalue weighted by molar-refractivity contribution is 0.475. The molecular formula is C30H28FN6O-. The predicted molar refractivity (Wildman–Crippen MR) is 146 cm³/mol. The molecular weight excluding hydrogens is 479 g/mol. The number of fused-ring (bicyclic) bond motifs is 3. The van der Waals surface area contributed by atoms with Gasteiger partial charge in [-0.1, -0.05) is 61.0 Å². The summed E-state index contributed by atoms with van der Waals surface area (Å²) in [6, 6.07) is 24.1. The Morgan fingerprint density at radius 2 is 1.68 bits per heavy atom. The number of benzene rings is 3. The third-order valence-electron chi connectivity index (χ3n) is 7.44. The fourth-order valence-corrected chi connectivity index (χ4v) is 5.43. The first-order valence-corrected chi connectivity index (χ1v) is 12.9. The van der Waals surface area contributed by atoms with Crippen LogP contribution in [0.5, 0.6) is 0 Å². The van der Waals surface area contributed by atoms with Crippen LogP contribution in [-0.2, 0) is 13.6 Å². The van der Waals surface area contributed by atoms with E-state index in [0.717, 1.165) is 41.6 Å². The van der Waals surface area contributed by atoms with Gasteiger partial charge in [0.2, 0.25) is 0 Å². The molecule has 2 heterocycles. The lowest BCUT2D eigenvalue weighted by atomic mass is 10.0. The molecule has 0 spiro atoms. The zero-order chi connectivity index (χ0) is 26.2. The van der Waals surface area contributed by atoms with Crippen molar-refractivity contribution in [3.05, 3.63) is 122 Å². The summed E-state index contributed by atoms with van der Waals surface area (Å²) in [4.78, 5) is 18.3. The maximum Gasteiger partial charge on any atom is 0.262 e. The molecule has 3 aromatic carbocycles. The molecule has 38 heavy (non-hydrogen) atoms. The number of hydrogen-bond acceptors (Lipinski definition) is 4. The minimum absolute atomic E-state index is 0.0625. The molecule has 0 radical (unpaired) electrons. The molecule has 1 aliphatic carbocycles. The van der Waals surface area contributed by atoms with Gasteiger partial charge in [-0.2, -0.15) is 0 Å². The Balaban J connectivity index is 1.39. The van der Waals surface area contributed by atoms with Gasteiger partial charge in [-0.05, 0) is 65.3 Å². The van der Waals surface area contributed by atoms with Crippen LogP contribution in [0.4, 0.5) is 10.1 Å². The standard InChI is InChI=1S/C30H28FN6O/c1-36-29(38)26(27(32)37-25-9-5-8-24(25)35-30(36)37)28(34-23-6-3-2-4-7-23)33-18-19-10-12-20(13-11-19)21-14-16-22(31)17-15-21/h2-4,6-7,10-17,24-25,33-34H,5,8-9,18H2,1H3/q-1/b28-26-/t24-,25+/m1/s1. The summed E-state index contributed by atoms with van der Waals surface area (Å²) in [7, 11) is 1.70. The topological polar surface area (TPSA) is 85.6 Å². The van der Waals surface area contributed by atoms with E-state index >= 15 is 0 Å². The SMILES string of the molecule is Cn1c(=O)/c(=C(/NCc2ccc(-c3ccc(F)cc3)cc2)Nc2ccccc2)c(=[N-])n2c1=N[C@@H]1CCC[C@@H]12. The van der Waals surface area contributed by atoms with E-state index in [1.807, 2.05) is 59.2 Å². The zero-order valence-electron chi connectivity index (χ0n) is 21.1. The summed E-state index contributed by atoms with van der Waals surface area (Å²) < 4.78 is 16.6. The van der Waals surface area contributed by atoms with Crippen molar-refractivity contribution in [1.82, 2.24) is 14.5 Å². The van der Waals surface area contributed by atoms with Gasteiger partial charge in [0, 0.05) is 19.3 Å². The maximum absolute atomic E-state index is 13.5. The first kappa shape index (κ1) is 23.9. The molecule has 8 heteroatoms. The van der Waals surface area contributed by atoms with Crippen molar-refractivity contribution in [3.63, 3.8) is 0 Å². The molecule has 6 rings (SSSR count). The lowest BCUT2D eigenvalue weighted by Crippen LogP contribution is -2.59. The fraction of sp³-hybridized carbons (Fsp3) is 0.233. The number of rotatable bonds is 6. The van der Waals surface area contributed by atoms with Crippen molar-refractivity contribution in [3.8, 4) is 11.1 Å². The van der Waals surface area contributed by atoms with Gasteiger partial charge < -0.3 is 20.6 Å². The van der Waals surface area contributed by atoms with E-state index in [2.05, 4.69) is 10.6 Å². The number of aromatic nitrogens is 2. The van der Waals surface area contributed by atoms with Crippen molar-refractivity contribution < 1.29 is 4.39 Å². The van der Waals surface area contributed by atoms with Crippen LogP contribution in [0, 0.1) is 5.82 Å². The van der Waals surface area contributed by atoms with Crippen LogP contribution in [0.2, 0.25) is 0 Å². The molecule has 0 unspecified atom stereocenters. The average molecular weight is 508 g/mol. The molecule has 0 saturated heterocycles. The van der Waals surface area contributed by atoms with Crippen molar-refractivity contribution in [2.75, 3.05) is 5.32 Å². The van der Waals surface area contributed by atoms with Crippen molar-refractivity contribution >= 4 is 11.5 Å².